The van der Waals surface area contributed by atoms with Gasteiger partial charge in [0.25, 0.3) is 0 Å². The minimum atomic E-state index is 0. The molecule has 114 valence electrons. The number of hydrogen-bond acceptors (Lipinski definition) is 5. The standard InChI is InChI=1S/C14H17N3OS2.ClH/c18-13(16-8-10-4-3-7-15-10)9-19-14-17-11-5-1-2-6-12(11)20-14;/h1-2,5-6,10,15H,3-4,7-9H2,(H,16,18);1H. The van der Waals surface area contributed by atoms with Gasteiger partial charge in [0.15, 0.2) is 4.34 Å². The quantitative estimate of drug-likeness (QED) is 0.819. The molecule has 21 heavy (non-hydrogen) atoms. The van der Waals surface area contributed by atoms with Crippen LogP contribution in [-0.4, -0.2) is 35.8 Å². The predicted octanol–water partition coefficient (Wildman–Crippen LogP) is 2.68. The van der Waals surface area contributed by atoms with E-state index in [0.29, 0.717) is 11.8 Å². The molecule has 7 heteroatoms. The van der Waals surface area contributed by atoms with Crippen LogP contribution in [0.4, 0.5) is 0 Å². The summed E-state index contributed by atoms with van der Waals surface area (Å²) >= 11 is 3.15. The van der Waals surface area contributed by atoms with Crippen molar-refractivity contribution >= 4 is 51.6 Å². The van der Waals surface area contributed by atoms with E-state index in [9.17, 15) is 4.79 Å². The molecule has 1 aliphatic heterocycles. The molecule has 1 aromatic heterocycles. The van der Waals surface area contributed by atoms with Gasteiger partial charge in [-0.2, -0.15) is 0 Å². The van der Waals surface area contributed by atoms with Crippen molar-refractivity contribution in [3.63, 3.8) is 0 Å². The molecule has 1 aromatic carbocycles. The van der Waals surface area contributed by atoms with E-state index in [2.05, 4.69) is 21.7 Å². The molecule has 2 N–H and O–H groups in total. The van der Waals surface area contributed by atoms with Crippen LogP contribution in [-0.2, 0) is 4.79 Å². The van der Waals surface area contributed by atoms with Crippen molar-refractivity contribution in [3.05, 3.63) is 24.3 Å². The SMILES string of the molecule is Cl.O=C(CSc1nc2ccccc2s1)NCC1CCCN1. The molecule has 4 nitrogen and oxygen atoms in total. The predicted molar refractivity (Wildman–Crippen MR) is 91.6 cm³/mol. The van der Waals surface area contributed by atoms with Crippen LogP contribution in [0.15, 0.2) is 28.6 Å². The fourth-order valence-corrected chi connectivity index (χ4v) is 4.16. The molecule has 1 aliphatic rings. The summed E-state index contributed by atoms with van der Waals surface area (Å²) in [6.07, 6.45) is 2.37. The second-order valence-electron chi connectivity index (χ2n) is 4.83. The number of carbonyl (C=O) groups excluding carboxylic acids is 1. The summed E-state index contributed by atoms with van der Waals surface area (Å²) in [5.74, 6) is 0.523. The van der Waals surface area contributed by atoms with Crippen LogP contribution in [0.1, 0.15) is 12.8 Å². The lowest BCUT2D eigenvalue weighted by molar-refractivity contribution is -0.118. The third-order valence-electron chi connectivity index (χ3n) is 3.31. The molecule has 0 aliphatic carbocycles. The summed E-state index contributed by atoms with van der Waals surface area (Å²) < 4.78 is 2.13. The first-order valence-corrected chi connectivity index (χ1v) is 8.60. The first kappa shape index (κ1) is 16.5. The van der Waals surface area contributed by atoms with Gasteiger partial charge in [0.1, 0.15) is 0 Å². The number of halogens is 1. The first-order chi connectivity index (χ1) is 9.81. The number of nitrogens with one attached hydrogen (secondary N) is 2. The average molecular weight is 344 g/mol. The van der Waals surface area contributed by atoms with Gasteiger partial charge in [0.2, 0.25) is 5.91 Å². The lowest BCUT2D eigenvalue weighted by atomic mass is 10.2. The molecule has 3 rings (SSSR count). The third kappa shape index (κ3) is 4.57. The van der Waals surface area contributed by atoms with Crippen molar-refractivity contribution in [2.75, 3.05) is 18.8 Å². The fraction of sp³-hybridized carbons (Fsp3) is 0.429. The molecule has 2 heterocycles. The minimum Gasteiger partial charge on any atom is -0.354 e. The highest BCUT2D eigenvalue weighted by Crippen LogP contribution is 2.28. The number of thiazole rings is 1. The molecule has 1 unspecified atom stereocenters. The molecule has 1 saturated heterocycles. The molecule has 0 radical (unpaired) electrons. The summed E-state index contributed by atoms with van der Waals surface area (Å²) in [5.41, 5.74) is 1.01. The zero-order valence-corrected chi connectivity index (χ0v) is 14.0. The Hall–Kier alpha value is -0.820. The fourth-order valence-electron chi connectivity index (χ4n) is 2.26. The van der Waals surface area contributed by atoms with Crippen LogP contribution in [0.25, 0.3) is 10.2 Å². The highest BCUT2D eigenvalue weighted by atomic mass is 35.5. The lowest BCUT2D eigenvalue weighted by Crippen LogP contribution is -2.37. The molecule has 2 aromatic rings. The molecule has 0 spiro atoms. The Morgan fingerprint density at radius 2 is 2.33 bits per heavy atom. The maximum atomic E-state index is 11.8. The maximum Gasteiger partial charge on any atom is 0.230 e. The van der Waals surface area contributed by atoms with Gasteiger partial charge >= 0.3 is 0 Å². The van der Waals surface area contributed by atoms with Gasteiger partial charge in [-0.1, -0.05) is 23.9 Å². The normalized spacial score (nSPS) is 17.6. The van der Waals surface area contributed by atoms with Gasteiger partial charge in [-0.15, -0.1) is 23.7 Å². The number of carbonyl (C=O) groups is 1. The van der Waals surface area contributed by atoms with Crippen LogP contribution in [0.3, 0.4) is 0 Å². The van der Waals surface area contributed by atoms with Gasteiger partial charge in [-0.25, -0.2) is 4.98 Å². The zero-order chi connectivity index (χ0) is 13.8. The van der Waals surface area contributed by atoms with Gasteiger partial charge in [-0.3, -0.25) is 4.79 Å². The molecule has 1 fully saturated rings. The minimum absolute atomic E-state index is 0. The Morgan fingerprint density at radius 1 is 1.48 bits per heavy atom. The summed E-state index contributed by atoms with van der Waals surface area (Å²) in [5, 5.41) is 6.35. The Morgan fingerprint density at radius 3 is 3.10 bits per heavy atom. The molecule has 0 saturated carbocycles. The largest absolute Gasteiger partial charge is 0.354 e. The van der Waals surface area contributed by atoms with Gasteiger partial charge in [-0.05, 0) is 31.5 Å². The average Bonchev–Trinajstić information content (AvgIpc) is 3.11. The van der Waals surface area contributed by atoms with Crippen molar-refractivity contribution < 1.29 is 4.79 Å². The number of thioether (sulfide) groups is 1. The summed E-state index contributed by atoms with van der Waals surface area (Å²) in [7, 11) is 0. The van der Waals surface area contributed by atoms with E-state index < -0.39 is 0 Å². The zero-order valence-electron chi connectivity index (χ0n) is 11.5. The van der Waals surface area contributed by atoms with E-state index in [1.165, 1.54) is 22.9 Å². The number of hydrogen-bond donors (Lipinski definition) is 2. The van der Waals surface area contributed by atoms with Crippen LogP contribution in [0, 0.1) is 0 Å². The number of nitrogens with zero attached hydrogens (tertiary/aromatic N) is 1. The Labute approximate surface area is 138 Å². The van der Waals surface area contributed by atoms with Gasteiger partial charge < -0.3 is 10.6 Å². The summed E-state index contributed by atoms with van der Waals surface area (Å²) in [4.78, 5) is 16.3. The maximum absolute atomic E-state index is 11.8. The van der Waals surface area contributed by atoms with Crippen molar-refractivity contribution in [1.29, 1.82) is 0 Å². The Balaban J connectivity index is 0.00000161. The van der Waals surface area contributed by atoms with E-state index in [4.69, 9.17) is 0 Å². The van der Waals surface area contributed by atoms with Gasteiger partial charge in [0, 0.05) is 12.6 Å². The summed E-state index contributed by atoms with van der Waals surface area (Å²) in [6, 6.07) is 8.50. The second-order valence-corrected chi connectivity index (χ2v) is 7.09. The number of para-hydroxylation sites is 1. The van der Waals surface area contributed by atoms with Crippen molar-refractivity contribution in [3.8, 4) is 0 Å². The van der Waals surface area contributed by atoms with Crippen molar-refractivity contribution in [2.24, 2.45) is 0 Å². The number of benzene rings is 1. The Bertz CT molecular complexity index is 566. The van der Waals surface area contributed by atoms with E-state index in [-0.39, 0.29) is 18.3 Å². The first-order valence-electron chi connectivity index (χ1n) is 6.80. The number of aromatic nitrogens is 1. The highest BCUT2D eigenvalue weighted by molar-refractivity contribution is 8.01. The highest BCUT2D eigenvalue weighted by Gasteiger charge is 2.15. The number of fused-ring (bicyclic) bond motifs is 1. The Kier molecular flexibility index (Phi) is 6.29. The smallest absolute Gasteiger partial charge is 0.230 e. The van der Waals surface area contributed by atoms with E-state index in [0.717, 1.165) is 29.4 Å². The topological polar surface area (TPSA) is 54.0 Å². The summed E-state index contributed by atoms with van der Waals surface area (Å²) in [6.45, 7) is 1.81. The molecule has 1 atom stereocenters. The number of rotatable bonds is 5. The van der Waals surface area contributed by atoms with E-state index in [1.807, 2.05) is 18.2 Å². The van der Waals surface area contributed by atoms with E-state index in [1.54, 1.807) is 11.3 Å². The molecular weight excluding hydrogens is 326 g/mol. The molecule has 1 amide bonds. The van der Waals surface area contributed by atoms with Crippen LogP contribution < -0.4 is 10.6 Å². The monoisotopic (exact) mass is 343 g/mol. The number of amides is 1. The third-order valence-corrected chi connectivity index (χ3v) is 5.49. The second kappa shape index (κ2) is 7.98. The van der Waals surface area contributed by atoms with E-state index >= 15 is 0 Å². The molecular formula is C14H18ClN3OS2. The van der Waals surface area contributed by atoms with Crippen LogP contribution >= 0.6 is 35.5 Å². The van der Waals surface area contributed by atoms with Crippen molar-refractivity contribution in [2.45, 2.75) is 23.2 Å². The van der Waals surface area contributed by atoms with Crippen molar-refractivity contribution in [1.82, 2.24) is 15.6 Å². The van der Waals surface area contributed by atoms with Gasteiger partial charge in [0.05, 0.1) is 16.0 Å². The van der Waals surface area contributed by atoms with Crippen LogP contribution in [0.5, 0.6) is 0 Å². The lowest BCUT2D eigenvalue weighted by Gasteiger charge is -2.10. The molecule has 0 bridgehead atoms. The van der Waals surface area contributed by atoms with Crippen LogP contribution in [0.2, 0.25) is 0 Å².